The number of hydrogen-bond donors (Lipinski definition) is 1. The molecule has 0 fully saturated rings. The fourth-order valence-corrected chi connectivity index (χ4v) is 2.78. The first kappa shape index (κ1) is 20.0. The maximum atomic E-state index is 12.1. The van der Waals surface area contributed by atoms with E-state index in [4.69, 9.17) is 4.74 Å². The van der Waals surface area contributed by atoms with Crippen LogP contribution in [-0.4, -0.2) is 35.3 Å². The fraction of sp³-hybridized carbons (Fsp3) is 0.529. The standard InChI is InChI=1S/C17H23N3O3S/c1-6-23-17(22)14-7-13(8-18)16(20-11(14)4)24-12(5)15(21)19-9-10(2)3/h7,10,12H,6,9H2,1-5H3,(H,19,21)/t12-/m0/s1. The molecule has 1 rings (SSSR count). The summed E-state index contributed by atoms with van der Waals surface area (Å²) in [5.74, 6) is -0.241. The first-order valence-electron chi connectivity index (χ1n) is 7.83. The smallest absolute Gasteiger partial charge is 0.340 e. The molecule has 0 bridgehead atoms. The van der Waals surface area contributed by atoms with Crippen molar-refractivity contribution in [3.05, 3.63) is 22.9 Å². The number of aromatic nitrogens is 1. The molecule has 0 spiro atoms. The maximum Gasteiger partial charge on any atom is 0.340 e. The van der Waals surface area contributed by atoms with Crippen LogP contribution >= 0.6 is 11.8 Å². The van der Waals surface area contributed by atoms with Gasteiger partial charge >= 0.3 is 5.97 Å². The zero-order valence-corrected chi connectivity index (χ0v) is 15.5. The van der Waals surface area contributed by atoms with Gasteiger partial charge in [-0.15, -0.1) is 0 Å². The Balaban J connectivity index is 2.96. The molecular weight excluding hydrogens is 326 g/mol. The minimum Gasteiger partial charge on any atom is -0.462 e. The lowest BCUT2D eigenvalue weighted by atomic mass is 10.1. The number of thioether (sulfide) groups is 1. The van der Waals surface area contributed by atoms with Crippen molar-refractivity contribution in [3.8, 4) is 6.07 Å². The molecule has 1 heterocycles. The summed E-state index contributed by atoms with van der Waals surface area (Å²) >= 11 is 1.20. The van der Waals surface area contributed by atoms with Crippen LogP contribution in [0.3, 0.4) is 0 Å². The largest absolute Gasteiger partial charge is 0.462 e. The van der Waals surface area contributed by atoms with Crippen LogP contribution in [0.4, 0.5) is 0 Å². The predicted octanol–water partition coefficient (Wildman–Crippen LogP) is 2.69. The van der Waals surface area contributed by atoms with Crippen molar-refractivity contribution in [2.45, 2.75) is 44.9 Å². The average Bonchev–Trinajstić information content (AvgIpc) is 2.52. The summed E-state index contributed by atoms with van der Waals surface area (Å²) in [6.45, 7) is 10.1. The van der Waals surface area contributed by atoms with E-state index in [0.29, 0.717) is 23.2 Å². The molecule has 1 N–H and O–H groups in total. The topological polar surface area (TPSA) is 92.1 Å². The number of nitrogens with zero attached hydrogens (tertiary/aromatic N) is 2. The quantitative estimate of drug-likeness (QED) is 0.601. The summed E-state index contributed by atoms with van der Waals surface area (Å²) in [6.07, 6.45) is 0. The van der Waals surface area contributed by atoms with Crippen molar-refractivity contribution in [1.82, 2.24) is 10.3 Å². The summed E-state index contributed by atoms with van der Waals surface area (Å²) in [6, 6.07) is 3.51. The molecule has 1 amide bonds. The maximum absolute atomic E-state index is 12.1. The second-order valence-corrected chi connectivity index (χ2v) is 7.03. The lowest BCUT2D eigenvalue weighted by Gasteiger charge is -2.14. The monoisotopic (exact) mass is 349 g/mol. The van der Waals surface area contributed by atoms with Crippen LogP contribution in [0.2, 0.25) is 0 Å². The van der Waals surface area contributed by atoms with Crippen molar-refractivity contribution in [2.24, 2.45) is 5.92 Å². The molecular formula is C17H23N3O3S. The molecule has 6 nitrogen and oxygen atoms in total. The summed E-state index contributed by atoms with van der Waals surface area (Å²) in [4.78, 5) is 28.3. The number of rotatable bonds is 7. The molecule has 7 heteroatoms. The van der Waals surface area contributed by atoms with Gasteiger partial charge in [0.05, 0.1) is 28.7 Å². The number of nitrogens with one attached hydrogen (secondary N) is 1. The van der Waals surface area contributed by atoms with Crippen LogP contribution < -0.4 is 5.32 Å². The number of amides is 1. The van der Waals surface area contributed by atoms with Gasteiger partial charge < -0.3 is 10.1 Å². The average molecular weight is 349 g/mol. The van der Waals surface area contributed by atoms with Gasteiger partial charge in [0, 0.05) is 6.54 Å². The molecule has 0 aromatic carbocycles. The van der Waals surface area contributed by atoms with Gasteiger partial charge in [0.1, 0.15) is 11.1 Å². The number of pyridine rings is 1. The highest BCUT2D eigenvalue weighted by Crippen LogP contribution is 2.27. The number of carbonyl (C=O) groups excluding carboxylic acids is 2. The third-order valence-electron chi connectivity index (χ3n) is 3.14. The highest BCUT2D eigenvalue weighted by atomic mass is 32.2. The lowest BCUT2D eigenvalue weighted by Crippen LogP contribution is -2.33. The number of esters is 1. The van der Waals surface area contributed by atoms with Gasteiger partial charge in [0.2, 0.25) is 5.91 Å². The lowest BCUT2D eigenvalue weighted by molar-refractivity contribution is -0.120. The van der Waals surface area contributed by atoms with E-state index >= 15 is 0 Å². The molecule has 0 aliphatic carbocycles. The fourth-order valence-electron chi connectivity index (χ4n) is 1.84. The van der Waals surface area contributed by atoms with E-state index in [0.717, 1.165) is 0 Å². The predicted molar refractivity (Wildman–Crippen MR) is 92.8 cm³/mol. The number of ether oxygens (including phenoxy) is 1. The molecule has 0 radical (unpaired) electrons. The van der Waals surface area contributed by atoms with Crippen molar-refractivity contribution >= 4 is 23.6 Å². The summed E-state index contributed by atoms with van der Waals surface area (Å²) in [5, 5.41) is 12.2. The SMILES string of the molecule is CCOC(=O)c1cc(C#N)c(S[C@@H](C)C(=O)NCC(C)C)nc1C. The first-order valence-corrected chi connectivity index (χ1v) is 8.71. The molecule has 0 saturated carbocycles. The molecule has 24 heavy (non-hydrogen) atoms. The zero-order valence-electron chi connectivity index (χ0n) is 14.7. The van der Waals surface area contributed by atoms with Gasteiger partial charge in [-0.05, 0) is 32.8 Å². The Morgan fingerprint density at radius 2 is 2.08 bits per heavy atom. The Morgan fingerprint density at radius 1 is 1.42 bits per heavy atom. The third-order valence-corrected chi connectivity index (χ3v) is 4.24. The van der Waals surface area contributed by atoms with E-state index < -0.39 is 11.2 Å². The van der Waals surface area contributed by atoms with Crippen LogP contribution in [0.5, 0.6) is 0 Å². The van der Waals surface area contributed by atoms with Crippen molar-refractivity contribution < 1.29 is 14.3 Å². The Labute approximate surface area is 147 Å². The van der Waals surface area contributed by atoms with E-state index in [1.54, 1.807) is 20.8 Å². The van der Waals surface area contributed by atoms with Crippen molar-refractivity contribution in [3.63, 3.8) is 0 Å². The Morgan fingerprint density at radius 3 is 2.62 bits per heavy atom. The molecule has 0 aliphatic rings. The normalized spacial score (nSPS) is 11.7. The van der Waals surface area contributed by atoms with Gasteiger partial charge in [-0.2, -0.15) is 5.26 Å². The number of nitriles is 1. The van der Waals surface area contributed by atoms with Crippen LogP contribution in [0.25, 0.3) is 0 Å². The van der Waals surface area contributed by atoms with Crippen LogP contribution in [0.1, 0.15) is 49.3 Å². The van der Waals surface area contributed by atoms with Crippen LogP contribution in [-0.2, 0) is 9.53 Å². The van der Waals surface area contributed by atoms with E-state index in [1.165, 1.54) is 17.8 Å². The molecule has 130 valence electrons. The Kier molecular flexibility index (Phi) is 7.72. The van der Waals surface area contributed by atoms with Crippen molar-refractivity contribution in [1.29, 1.82) is 5.26 Å². The summed E-state index contributed by atoms with van der Waals surface area (Å²) in [7, 11) is 0. The summed E-state index contributed by atoms with van der Waals surface area (Å²) < 4.78 is 4.96. The van der Waals surface area contributed by atoms with Gasteiger partial charge in [0.25, 0.3) is 0 Å². The third kappa shape index (κ3) is 5.53. The highest BCUT2D eigenvalue weighted by molar-refractivity contribution is 8.00. The van der Waals surface area contributed by atoms with Gasteiger partial charge in [-0.1, -0.05) is 25.6 Å². The Hall–Kier alpha value is -2.07. The van der Waals surface area contributed by atoms with Crippen LogP contribution in [0.15, 0.2) is 11.1 Å². The minimum atomic E-state index is -0.502. The Bertz CT molecular complexity index is 653. The molecule has 1 aromatic heterocycles. The van der Waals surface area contributed by atoms with E-state index in [1.807, 2.05) is 19.9 Å². The van der Waals surface area contributed by atoms with E-state index in [2.05, 4.69) is 10.3 Å². The highest BCUT2D eigenvalue weighted by Gasteiger charge is 2.20. The molecule has 1 atom stereocenters. The second kappa shape index (κ2) is 9.28. The molecule has 0 unspecified atom stereocenters. The van der Waals surface area contributed by atoms with Gasteiger partial charge in [-0.3, -0.25) is 4.79 Å². The number of hydrogen-bond acceptors (Lipinski definition) is 6. The number of carbonyl (C=O) groups is 2. The summed E-state index contributed by atoms with van der Waals surface area (Å²) in [5.41, 5.74) is 1.01. The molecule has 1 aromatic rings. The second-order valence-electron chi connectivity index (χ2n) is 5.71. The zero-order chi connectivity index (χ0) is 18.3. The van der Waals surface area contributed by atoms with E-state index in [9.17, 15) is 14.9 Å². The molecule has 0 saturated heterocycles. The van der Waals surface area contributed by atoms with E-state index in [-0.39, 0.29) is 23.6 Å². The van der Waals surface area contributed by atoms with Crippen LogP contribution in [0, 0.1) is 24.2 Å². The van der Waals surface area contributed by atoms with Gasteiger partial charge in [-0.25, -0.2) is 9.78 Å². The van der Waals surface area contributed by atoms with Crippen molar-refractivity contribution in [2.75, 3.05) is 13.2 Å². The number of aryl methyl sites for hydroxylation is 1. The minimum absolute atomic E-state index is 0.105. The van der Waals surface area contributed by atoms with Gasteiger partial charge in [0.15, 0.2) is 0 Å². The molecule has 0 aliphatic heterocycles. The first-order chi connectivity index (χ1) is 11.3.